The molecule has 0 aromatic heterocycles. The van der Waals surface area contributed by atoms with Crippen molar-refractivity contribution in [3.63, 3.8) is 0 Å². The topological polar surface area (TPSA) is 72.9 Å². The van der Waals surface area contributed by atoms with Crippen molar-refractivity contribution >= 4 is 15.7 Å². The number of ether oxygens (including phenoxy) is 2. The Morgan fingerprint density at radius 2 is 1.90 bits per heavy atom. The molecule has 1 fully saturated rings. The second-order valence-corrected chi connectivity index (χ2v) is 7.27. The number of hydrogen-bond donors (Lipinski definition) is 0. The first-order valence-corrected chi connectivity index (χ1v) is 8.39. The second kappa shape index (κ2) is 5.93. The number of carbonyl (C=O) groups excluding carboxylic acids is 1. The molecule has 1 aromatic carbocycles. The lowest BCUT2D eigenvalue weighted by Crippen LogP contribution is -2.37. The van der Waals surface area contributed by atoms with Crippen molar-refractivity contribution in [2.45, 2.75) is 12.5 Å². The van der Waals surface area contributed by atoms with E-state index in [0.29, 0.717) is 23.5 Å². The largest absolute Gasteiger partial charge is 0.493 e. The van der Waals surface area contributed by atoms with Crippen molar-refractivity contribution in [3.05, 3.63) is 23.8 Å². The van der Waals surface area contributed by atoms with Gasteiger partial charge in [-0.2, -0.15) is 0 Å². The predicted molar refractivity (Wildman–Crippen MR) is 78.7 cm³/mol. The lowest BCUT2D eigenvalue weighted by atomic mass is 10.1. The molecular formula is C14H19NO5S. The molecule has 1 aliphatic rings. The van der Waals surface area contributed by atoms with Crippen LogP contribution in [0.1, 0.15) is 16.8 Å². The Hall–Kier alpha value is -1.76. The standard InChI is InChI=1S/C14H19NO5S/c1-15(11-6-7-21(17,18)9-11)14(16)10-4-5-12(19-2)13(8-10)20-3/h4-5,8,11H,6-7,9H2,1-3H3/t11-/m1/s1. The van der Waals surface area contributed by atoms with Gasteiger partial charge < -0.3 is 14.4 Å². The van der Waals surface area contributed by atoms with Crippen LogP contribution in [0.4, 0.5) is 0 Å². The van der Waals surface area contributed by atoms with Gasteiger partial charge in [0, 0.05) is 18.7 Å². The van der Waals surface area contributed by atoms with E-state index in [4.69, 9.17) is 9.47 Å². The number of methoxy groups -OCH3 is 2. The summed E-state index contributed by atoms with van der Waals surface area (Å²) in [7, 11) is 1.63. The summed E-state index contributed by atoms with van der Waals surface area (Å²) in [6, 6.07) is 4.63. The van der Waals surface area contributed by atoms with Gasteiger partial charge in [-0.3, -0.25) is 4.79 Å². The minimum absolute atomic E-state index is 0.0303. The monoisotopic (exact) mass is 313 g/mol. The maximum absolute atomic E-state index is 12.4. The van der Waals surface area contributed by atoms with Crippen LogP contribution in [0.3, 0.4) is 0 Å². The first-order chi connectivity index (χ1) is 9.88. The zero-order valence-corrected chi connectivity index (χ0v) is 13.1. The van der Waals surface area contributed by atoms with Gasteiger partial charge in [-0.05, 0) is 24.6 Å². The highest BCUT2D eigenvalue weighted by molar-refractivity contribution is 7.91. The third-order valence-corrected chi connectivity index (χ3v) is 5.46. The molecule has 0 aliphatic carbocycles. The molecule has 0 saturated carbocycles. The highest BCUT2D eigenvalue weighted by Crippen LogP contribution is 2.28. The maximum Gasteiger partial charge on any atom is 0.254 e. The first kappa shape index (κ1) is 15.6. The van der Waals surface area contributed by atoms with Crippen LogP contribution in [-0.4, -0.2) is 58.0 Å². The van der Waals surface area contributed by atoms with E-state index in [2.05, 4.69) is 0 Å². The molecule has 0 radical (unpaired) electrons. The fourth-order valence-electron chi connectivity index (χ4n) is 2.42. The number of nitrogens with zero attached hydrogens (tertiary/aromatic N) is 1. The molecule has 116 valence electrons. The number of carbonyl (C=O) groups is 1. The summed E-state index contributed by atoms with van der Waals surface area (Å²) in [6.07, 6.45) is 0.484. The summed E-state index contributed by atoms with van der Waals surface area (Å²) < 4.78 is 33.3. The van der Waals surface area contributed by atoms with Crippen LogP contribution in [0.25, 0.3) is 0 Å². The molecule has 1 aromatic rings. The average molecular weight is 313 g/mol. The fraction of sp³-hybridized carbons (Fsp3) is 0.500. The smallest absolute Gasteiger partial charge is 0.254 e. The van der Waals surface area contributed by atoms with Gasteiger partial charge in [0.2, 0.25) is 0 Å². The zero-order chi connectivity index (χ0) is 15.6. The number of benzene rings is 1. The predicted octanol–water partition coefficient (Wildman–Crippen LogP) is 0.963. The third-order valence-electron chi connectivity index (χ3n) is 3.71. The molecule has 1 atom stereocenters. The van der Waals surface area contributed by atoms with Crippen molar-refractivity contribution in [1.29, 1.82) is 0 Å². The summed E-state index contributed by atoms with van der Waals surface area (Å²) >= 11 is 0. The summed E-state index contributed by atoms with van der Waals surface area (Å²) in [6.45, 7) is 0. The molecular weight excluding hydrogens is 294 g/mol. The van der Waals surface area contributed by atoms with Crippen molar-refractivity contribution in [3.8, 4) is 11.5 Å². The van der Waals surface area contributed by atoms with Crippen molar-refractivity contribution < 1.29 is 22.7 Å². The highest BCUT2D eigenvalue weighted by atomic mass is 32.2. The number of amides is 1. The van der Waals surface area contributed by atoms with Crippen LogP contribution in [0.5, 0.6) is 11.5 Å². The van der Waals surface area contributed by atoms with Gasteiger partial charge in [0.1, 0.15) is 0 Å². The van der Waals surface area contributed by atoms with Gasteiger partial charge in [0.15, 0.2) is 21.3 Å². The molecule has 2 rings (SSSR count). The van der Waals surface area contributed by atoms with Crippen LogP contribution in [0, 0.1) is 0 Å². The van der Waals surface area contributed by atoms with Crippen LogP contribution < -0.4 is 9.47 Å². The molecule has 1 heterocycles. The summed E-state index contributed by atoms with van der Waals surface area (Å²) in [4.78, 5) is 13.9. The van der Waals surface area contributed by atoms with E-state index in [1.165, 1.54) is 19.1 Å². The second-order valence-electron chi connectivity index (χ2n) is 5.04. The number of rotatable bonds is 4. The number of sulfone groups is 1. The van der Waals surface area contributed by atoms with Crippen LogP contribution in [-0.2, 0) is 9.84 Å². The van der Waals surface area contributed by atoms with Crippen molar-refractivity contribution in [1.82, 2.24) is 4.90 Å². The Kier molecular flexibility index (Phi) is 4.41. The molecule has 21 heavy (non-hydrogen) atoms. The summed E-state index contributed by atoms with van der Waals surface area (Å²) in [5, 5.41) is 0. The molecule has 0 N–H and O–H groups in total. The Labute approximate surface area is 124 Å². The normalized spacial score (nSPS) is 20.0. The molecule has 1 saturated heterocycles. The van der Waals surface area contributed by atoms with Gasteiger partial charge >= 0.3 is 0 Å². The fourth-order valence-corrected chi connectivity index (χ4v) is 4.19. The van der Waals surface area contributed by atoms with Crippen LogP contribution >= 0.6 is 0 Å². The molecule has 1 aliphatic heterocycles. The van der Waals surface area contributed by atoms with E-state index in [1.54, 1.807) is 25.2 Å². The third kappa shape index (κ3) is 3.29. The molecule has 0 spiro atoms. The SMILES string of the molecule is COc1ccc(C(=O)N(C)[C@@H]2CCS(=O)(=O)C2)cc1OC. The van der Waals surface area contributed by atoms with Gasteiger partial charge in [-0.1, -0.05) is 0 Å². The van der Waals surface area contributed by atoms with E-state index in [1.807, 2.05) is 0 Å². The minimum atomic E-state index is -3.02. The highest BCUT2D eigenvalue weighted by Gasteiger charge is 2.33. The average Bonchev–Trinajstić information content (AvgIpc) is 2.85. The Morgan fingerprint density at radius 1 is 1.24 bits per heavy atom. The van der Waals surface area contributed by atoms with E-state index < -0.39 is 9.84 Å². The number of hydrogen-bond acceptors (Lipinski definition) is 5. The Balaban J connectivity index is 2.20. The van der Waals surface area contributed by atoms with Crippen LogP contribution in [0.2, 0.25) is 0 Å². The van der Waals surface area contributed by atoms with Crippen molar-refractivity contribution in [2.24, 2.45) is 0 Å². The molecule has 0 unspecified atom stereocenters. The summed E-state index contributed by atoms with van der Waals surface area (Å²) in [5.74, 6) is 0.956. The Morgan fingerprint density at radius 3 is 2.43 bits per heavy atom. The Bertz CT molecular complexity index is 641. The van der Waals surface area contributed by atoms with Crippen LogP contribution in [0.15, 0.2) is 18.2 Å². The van der Waals surface area contributed by atoms with Gasteiger partial charge in [-0.25, -0.2) is 8.42 Å². The molecule has 1 amide bonds. The minimum Gasteiger partial charge on any atom is -0.493 e. The van der Waals surface area contributed by atoms with E-state index in [0.717, 1.165) is 0 Å². The lowest BCUT2D eigenvalue weighted by Gasteiger charge is -2.23. The van der Waals surface area contributed by atoms with E-state index in [9.17, 15) is 13.2 Å². The van der Waals surface area contributed by atoms with Crippen molar-refractivity contribution in [2.75, 3.05) is 32.8 Å². The summed E-state index contributed by atoms with van der Waals surface area (Å²) in [5.41, 5.74) is 0.444. The maximum atomic E-state index is 12.4. The van der Waals surface area contributed by atoms with Gasteiger partial charge in [0.05, 0.1) is 25.7 Å². The molecule has 6 nitrogen and oxygen atoms in total. The van der Waals surface area contributed by atoms with E-state index >= 15 is 0 Å². The lowest BCUT2D eigenvalue weighted by molar-refractivity contribution is 0.0747. The van der Waals surface area contributed by atoms with Gasteiger partial charge in [0.25, 0.3) is 5.91 Å². The molecule has 7 heteroatoms. The van der Waals surface area contributed by atoms with Gasteiger partial charge in [-0.15, -0.1) is 0 Å². The quantitative estimate of drug-likeness (QED) is 0.828. The first-order valence-electron chi connectivity index (χ1n) is 6.57. The van der Waals surface area contributed by atoms with E-state index in [-0.39, 0.29) is 23.5 Å². The zero-order valence-electron chi connectivity index (χ0n) is 12.3. The molecule has 0 bridgehead atoms.